The van der Waals surface area contributed by atoms with E-state index in [4.69, 9.17) is 0 Å². The topological polar surface area (TPSA) is 58.2 Å². The Morgan fingerprint density at radius 1 is 1.21 bits per heavy atom. The van der Waals surface area contributed by atoms with Gasteiger partial charge in [0.15, 0.2) is 0 Å². The first-order valence-electron chi connectivity index (χ1n) is 4.32. The van der Waals surface area contributed by atoms with Crippen LogP contribution in [0.5, 0.6) is 0 Å². The largest absolute Gasteiger partial charge is 0.334 e. The number of rotatable bonds is 4. The lowest BCUT2D eigenvalue weighted by atomic mass is 10.2. The molecule has 1 aromatic carbocycles. The molecule has 74 valence electrons. The Balaban J connectivity index is 2.27. The molecule has 0 radical (unpaired) electrons. The number of nitrogens with one attached hydrogen (secondary N) is 2. The van der Waals surface area contributed by atoms with E-state index < -0.39 is 0 Å². The predicted octanol–water partition coefficient (Wildman–Crippen LogP) is 0.685. The van der Waals surface area contributed by atoms with Gasteiger partial charge >= 0.3 is 6.03 Å². The van der Waals surface area contributed by atoms with Crippen LogP contribution in [0.3, 0.4) is 0 Å². The van der Waals surface area contributed by atoms with Crippen molar-refractivity contribution >= 4 is 12.3 Å². The van der Waals surface area contributed by atoms with Crippen LogP contribution < -0.4 is 10.6 Å². The first-order valence-corrected chi connectivity index (χ1v) is 4.32. The summed E-state index contributed by atoms with van der Waals surface area (Å²) in [5.74, 6) is 0. The number of carbonyl (C=O) groups excluding carboxylic acids is 2. The fourth-order valence-electron chi connectivity index (χ4n) is 0.975. The Morgan fingerprint density at radius 3 is 2.57 bits per heavy atom. The molecule has 0 fully saturated rings. The van der Waals surface area contributed by atoms with Gasteiger partial charge in [0.1, 0.15) is 6.29 Å². The van der Waals surface area contributed by atoms with Crippen molar-refractivity contribution in [2.45, 2.75) is 6.54 Å². The fraction of sp³-hybridized carbons (Fsp3) is 0.200. The van der Waals surface area contributed by atoms with E-state index in [2.05, 4.69) is 10.6 Å². The van der Waals surface area contributed by atoms with Gasteiger partial charge in [-0.05, 0) is 5.56 Å². The van der Waals surface area contributed by atoms with Crippen molar-refractivity contribution in [2.75, 3.05) is 6.54 Å². The summed E-state index contributed by atoms with van der Waals surface area (Å²) in [6.45, 7) is 0.506. The Bertz CT molecular complexity index is 298. The third-order valence-corrected chi connectivity index (χ3v) is 1.64. The first-order chi connectivity index (χ1) is 6.83. The van der Waals surface area contributed by atoms with Gasteiger partial charge in [0.25, 0.3) is 0 Å². The van der Waals surface area contributed by atoms with Gasteiger partial charge in [0.05, 0.1) is 6.54 Å². The van der Waals surface area contributed by atoms with Crippen LogP contribution in [0.1, 0.15) is 5.56 Å². The Kier molecular flexibility index (Phi) is 4.20. The minimum atomic E-state index is -0.332. The number of carbonyl (C=O) groups is 2. The molecule has 4 heteroatoms. The van der Waals surface area contributed by atoms with Crippen molar-refractivity contribution in [3.05, 3.63) is 35.9 Å². The lowest BCUT2D eigenvalue weighted by molar-refractivity contribution is -0.107. The van der Waals surface area contributed by atoms with Crippen LogP contribution in [-0.4, -0.2) is 18.9 Å². The smallest absolute Gasteiger partial charge is 0.315 e. The molecular formula is C10H12N2O2. The average molecular weight is 192 g/mol. The molecule has 1 rings (SSSR count). The number of hydrogen-bond donors (Lipinski definition) is 2. The van der Waals surface area contributed by atoms with Gasteiger partial charge in [-0.2, -0.15) is 0 Å². The first kappa shape index (κ1) is 10.2. The molecule has 0 bridgehead atoms. The second kappa shape index (κ2) is 5.75. The maximum Gasteiger partial charge on any atom is 0.315 e. The van der Waals surface area contributed by atoms with E-state index >= 15 is 0 Å². The molecule has 0 saturated carbocycles. The van der Waals surface area contributed by atoms with Crippen LogP contribution >= 0.6 is 0 Å². The van der Waals surface area contributed by atoms with Crippen molar-refractivity contribution in [3.63, 3.8) is 0 Å². The van der Waals surface area contributed by atoms with Crippen LogP contribution in [0, 0.1) is 0 Å². The summed E-state index contributed by atoms with van der Waals surface area (Å²) in [6.07, 6.45) is 0.641. The van der Waals surface area contributed by atoms with Crippen LogP contribution in [0.25, 0.3) is 0 Å². The second-order valence-corrected chi connectivity index (χ2v) is 2.72. The minimum absolute atomic E-state index is 0.0423. The molecule has 4 nitrogen and oxygen atoms in total. The van der Waals surface area contributed by atoms with E-state index in [9.17, 15) is 9.59 Å². The summed E-state index contributed by atoms with van der Waals surface area (Å²) in [5.41, 5.74) is 1.02. The Morgan fingerprint density at radius 2 is 1.93 bits per heavy atom. The van der Waals surface area contributed by atoms with E-state index in [1.54, 1.807) is 0 Å². The summed E-state index contributed by atoms with van der Waals surface area (Å²) < 4.78 is 0. The normalized spacial score (nSPS) is 9.14. The second-order valence-electron chi connectivity index (χ2n) is 2.72. The highest BCUT2D eigenvalue weighted by molar-refractivity contribution is 5.76. The highest BCUT2D eigenvalue weighted by Crippen LogP contribution is 1.96. The predicted molar refractivity (Wildman–Crippen MR) is 52.7 cm³/mol. The van der Waals surface area contributed by atoms with Crippen molar-refractivity contribution in [2.24, 2.45) is 0 Å². The Hall–Kier alpha value is -1.84. The highest BCUT2D eigenvalue weighted by Gasteiger charge is 1.97. The molecule has 2 N–H and O–H groups in total. The molecule has 0 spiro atoms. The van der Waals surface area contributed by atoms with Gasteiger partial charge < -0.3 is 15.4 Å². The fourth-order valence-corrected chi connectivity index (χ4v) is 0.975. The quantitative estimate of drug-likeness (QED) is 0.689. The molecule has 0 heterocycles. The van der Waals surface area contributed by atoms with Crippen LogP contribution in [0.2, 0.25) is 0 Å². The average Bonchev–Trinajstić information content (AvgIpc) is 2.25. The summed E-state index contributed by atoms with van der Waals surface area (Å²) in [7, 11) is 0. The van der Waals surface area contributed by atoms with E-state index in [-0.39, 0.29) is 12.6 Å². The zero-order chi connectivity index (χ0) is 10.2. The van der Waals surface area contributed by atoms with E-state index in [1.807, 2.05) is 30.3 Å². The number of amides is 2. The van der Waals surface area contributed by atoms with Crippen molar-refractivity contribution in [1.82, 2.24) is 10.6 Å². The molecule has 0 aliphatic rings. The van der Waals surface area contributed by atoms with E-state index in [1.165, 1.54) is 0 Å². The van der Waals surface area contributed by atoms with Gasteiger partial charge in [-0.3, -0.25) is 0 Å². The van der Waals surface area contributed by atoms with Gasteiger partial charge in [-0.25, -0.2) is 4.79 Å². The van der Waals surface area contributed by atoms with Crippen molar-refractivity contribution < 1.29 is 9.59 Å². The van der Waals surface area contributed by atoms with Gasteiger partial charge in [-0.15, -0.1) is 0 Å². The third kappa shape index (κ3) is 3.71. The summed E-state index contributed by atoms with van der Waals surface area (Å²) in [6, 6.07) is 9.22. The Labute approximate surface area is 82.3 Å². The maximum atomic E-state index is 11.0. The number of benzene rings is 1. The summed E-state index contributed by atoms with van der Waals surface area (Å²) in [5, 5.41) is 5.01. The third-order valence-electron chi connectivity index (χ3n) is 1.64. The van der Waals surface area contributed by atoms with E-state index in [0.717, 1.165) is 5.56 Å². The monoisotopic (exact) mass is 192 g/mol. The lowest BCUT2D eigenvalue weighted by Gasteiger charge is -2.04. The SMILES string of the molecule is O=CCNC(=O)NCc1ccccc1. The van der Waals surface area contributed by atoms with Crippen molar-refractivity contribution in [3.8, 4) is 0 Å². The van der Waals surface area contributed by atoms with Gasteiger partial charge in [-0.1, -0.05) is 30.3 Å². The molecule has 0 aliphatic carbocycles. The van der Waals surface area contributed by atoms with Crippen LogP contribution in [0.4, 0.5) is 4.79 Å². The molecule has 0 saturated heterocycles. The lowest BCUT2D eigenvalue weighted by Crippen LogP contribution is -2.35. The standard InChI is InChI=1S/C10H12N2O2/c13-7-6-11-10(14)12-8-9-4-2-1-3-5-9/h1-5,7H,6,8H2,(H2,11,12,14). The molecule has 14 heavy (non-hydrogen) atoms. The van der Waals surface area contributed by atoms with Crippen LogP contribution in [0.15, 0.2) is 30.3 Å². The van der Waals surface area contributed by atoms with Gasteiger partial charge in [0, 0.05) is 6.54 Å². The summed E-state index contributed by atoms with van der Waals surface area (Å²) in [4.78, 5) is 20.9. The van der Waals surface area contributed by atoms with Crippen molar-refractivity contribution in [1.29, 1.82) is 0 Å². The number of hydrogen-bond acceptors (Lipinski definition) is 2. The molecule has 0 unspecified atom stereocenters. The number of urea groups is 1. The highest BCUT2D eigenvalue weighted by atomic mass is 16.2. The molecule has 1 aromatic rings. The van der Waals surface area contributed by atoms with Crippen LogP contribution in [-0.2, 0) is 11.3 Å². The molecule has 0 atom stereocenters. The number of aldehydes is 1. The molecule has 0 aliphatic heterocycles. The zero-order valence-electron chi connectivity index (χ0n) is 7.69. The zero-order valence-corrected chi connectivity index (χ0v) is 7.69. The van der Waals surface area contributed by atoms with E-state index in [0.29, 0.717) is 12.8 Å². The molecule has 0 aromatic heterocycles. The maximum absolute atomic E-state index is 11.0. The van der Waals surface area contributed by atoms with Gasteiger partial charge in [0.2, 0.25) is 0 Å². The summed E-state index contributed by atoms with van der Waals surface area (Å²) >= 11 is 0. The molecule has 2 amide bonds. The molecular weight excluding hydrogens is 180 g/mol. The minimum Gasteiger partial charge on any atom is -0.334 e.